The first-order valence-corrected chi connectivity index (χ1v) is 7.73. The second-order valence-corrected chi connectivity index (χ2v) is 6.93. The van der Waals surface area contributed by atoms with Gasteiger partial charge in [0, 0.05) is 0 Å². The van der Waals surface area contributed by atoms with Crippen molar-refractivity contribution in [3.05, 3.63) is 6.33 Å². The van der Waals surface area contributed by atoms with Crippen LogP contribution in [-0.4, -0.2) is 51.5 Å². The Morgan fingerprint density at radius 3 is 3.00 bits per heavy atom. The molecule has 1 aliphatic heterocycles. The Morgan fingerprint density at radius 1 is 1.65 bits per heavy atom. The Kier molecular flexibility index (Phi) is 3.38. The van der Waals surface area contributed by atoms with Crippen LogP contribution in [0.5, 0.6) is 0 Å². The fourth-order valence-electron chi connectivity index (χ4n) is 1.71. The molecule has 2 rings (SSSR count). The minimum Gasteiger partial charge on any atom is -0.481 e. The van der Waals surface area contributed by atoms with E-state index in [9.17, 15) is 13.2 Å². The Labute approximate surface area is 102 Å². The summed E-state index contributed by atoms with van der Waals surface area (Å²) in [4.78, 5) is 10.5. The molecule has 1 fully saturated rings. The number of thioether (sulfide) groups is 1. The fourth-order valence-corrected chi connectivity index (χ4v) is 4.12. The zero-order chi connectivity index (χ0) is 12.5. The average molecular weight is 277 g/mol. The quantitative estimate of drug-likeness (QED) is 0.761. The zero-order valence-electron chi connectivity index (χ0n) is 8.81. The summed E-state index contributed by atoms with van der Waals surface area (Å²) < 4.78 is 24.4. The van der Waals surface area contributed by atoms with Crippen LogP contribution in [0.3, 0.4) is 0 Å². The highest BCUT2D eigenvalue weighted by atomic mass is 32.2. The molecule has 2 heterocycles. The first kappa shape index (κ1) is 12.4. The summed E-state index contributed by atoms with van der Waals surface area (Å²) in [7, 11) is -2.97. The number of hydrogen-bond donors (Lipinski definition) is 1. The van der Waals surface area contributed by atoms with Crippen LogP contribution in [-0.2, 0) is 14.6 Å². The van der Waals surface area contributed by atoms with Gasteiger partial charge in [0.25, 0.3) is 0 Å². The first-order chi connectivity index (χ1) is 7.98. The van der Waals surface area contributed by atoms with Gasteiger partial charge in [-0.3, -0.25) is 4.79 Å². The highest BCUT2D eigenvalue weighted by Gasteiger charge is 2.30. The molecular formula is C8H11N3O4S2. The molecule has 1 N–H and O–H groups in total. The predicted octanol–water partition coefficient (Wildman–Crippen LogP) is -0.186. The molecule has 1 aromatic heterocycles. The van der Waals surface area contributed by atoms with Gasteiger partial charge in [-0.15, -0.1) is 10.2 Å². The van der Waals surface area contributed by atoms with E-state index in [1.807, 2.05) is 0 Å². The Morgan fingerprint density at radius 2 is 2.41 bits per heavy atom. The summed E-state index contributed by atoms with van der Waals surface area (Å²) in [6, 6.07) is -0.175. The van der Waals surface area contributed by atoms with E-state index < -0.39 is 15.8 Å². The lowest BCUT2D eigenvalue weighted by Gasteiger charge is -2.11. The van der Waals surface area contributed by atoms with E-state index in [0.29, 0.717) is 11.6 Å². The molecule has 0 aromatic carbocycles. The largest absolute Gasteiger partial charge is 0.481 e. The molecule has 17 heavy (non-hydrogen) atoms. The number of carbonyl (C=O) groups is 1. The van der Waals surface area contributed by atoms with Crippen LogP contribution in [0.1, 0.15) is 12.5 Å². The van der Waals surface area contributed by atoms with Crippen molar-refractivity contribution in [3.63, 3.8) is 0 Å². The molecule has 0 bridgehead atoms. The van der Waals surface area contributed by atoms with Gasteiger partial charge in [0.1, 0.15) is 6.33 Å². The van der Waals surface area contributed by atoms with Crippen molar-refractivity contribution in [2.24, 2.45) is 0 Å². The fraction of sp³-hybridized carbons (Fsp3) is 0.625. The number of rotatable bonds is 4. The third-order valence-corrected chi connectivity index (χ3v) is 5.16. The van der Waals surface area contributed by atoms with Crippen molar-refractivity contribution in [3.8, 4) is 0 Å². The van der Waals surface area contributed by atoms with Gasteiger partial charge >= 0.3 is 5.97 Å². The number of aromatic nitrogens is 3. The van der Waals surface area contributed by atoms with Crippen molar-refractivity contribution < 1.29 is 18.3 Å². The van der Waals surface area contributed by atoms with Crippen molar-refractivity contribution >= 4 is 27.6 Å². The van der Waals surface area contributed by atoms with Crippen LogP contribution < -0.4 is 0 Å². The van der Waals surface area contributed by atoms with Gasteiger partial charge in [-0.25, -0.2) is 8.42 Å². The van der Waals surface area contributed by atoms with Gasteiger partial charge in [-0.05, 0) is 6.42 Å². The minimum atomic E-state index is -2.97. The monoisotopic (exact) mass is 277 g/mol. The second kappa shape index (κ2) is 4.65. The highest BCUT2D eigenvalue weighted by Crippen LogP contribution is 2.27. The van der Waals surface area contributed by atoms with Crippen molar-refractivity contribution in [2.45, 2.75) is 17.6 Å². The van der Waals surface area contributed by atoms with Crippen LogP contribution in [0.25, 0.3) is 0 Å². The number of carboxylic acids is 1. The minimum absolute atomic E-state index is 0.0751. The second-order valence-electron chi connectivity index (χ2n) is 3.76. The Hall–Kier alpha value is -1.09. The third-order valence-electron chi connectivity index (χ3n) is 2.47. The lowest BCUT2D eigenvalue weighted by Crippen LogP contribution is -2.12. The van der Waals surface area contributed by atoms with Crippen molar-refractivity contribution in [1.29, 1.82) is 0 Å². The maximum absolute atomic E-state index is 11.4. The smallest absolute Gasteiger partial charge is 0.313 e. The van der Waals surface area contributed by atoms with E-state index in [1.165, 1.54) is 6.33 Å². The van der Waals surface area contributed by atoms with Crippen LogP contribution in [0, 0.1) is 0 Å². The molecular weight excluding hydrogens is 266 g/mol. The number of hydrogen-bond acceptors (Lipinski definition) is 6. The van der Waals surface area contributed by atoms with E-state index in [1.54, 1.807) is 4.57 Å². The molecule has 0 aliphatic carbocycles. The Balaban J connectivity index is 2.12. The predicted molar refractivity (Wildman–Crippen MR) is 60.7 cm³/mol. The molecule has 7 nitrogen and oxygen atoms in total. The average Bonchev–Trinajstić information content (AvgIpc) is 2.80. The number of nitrogens with zero attached hydrogens (tertiary/aromatic N) is 3. The summed E-state index contributed by atoms with van der Waals surface area (Å²) in [6.07, 6.45) is 1.98. The van der Waals surface area contributed by atoms with Crippen LogP contribution in [0.4, 0.5) is 0 Å². The van der Waals surface area contributed by atoms with E-state index in [-0.39, 0.29) is 23.3 Å². The van der Waals surface area contributed by atoms with Gasteiger partial charge < -0.3 is 9.67 Å². The zero-order valence-corrected chi connectivity index (χ0v) is 10.4. The number of carboxylic acid groups (broad SMARTS) is 1. The van der Waals surface area contributed by atoms with Gasteiger partial charge in [-0.2, -0.15) is 0 Å². The molecule has 1 saturated heterocycles. The normalized spacial score (nSPS) is 22.7. The number of aliphatic carboxylic acids is 1. The Bertz CT molecular complexity index is 525. The molecule has 94 valence electrons. The molecule has 0 spiro atoms. The van der Waals surface area contributed by atoms with Gasteiger partial charge in [-0.1, -0.05) is 11.8 Å². The van der Waals surface area contributed by atoms with E-state index in [4.69, 9.17) is 5.11 Å². The summed E-state index contributed by atoms with van der Waals surface area (Å²) in [5.41, 5.74) is 0. The maximum Gasteiger partial charge on any atom is 0.313 e. The molecule has 1 aromatic rings. The van der Waals surface area contributed by atoms with E-state index >= 15 is 0 Å². The number of sulfone groups is 1. The maximum atomic E-state index is 11.4. The van der Waals surface area contributed by atoms with Crippen LogP contribution in [0.15, 0.2) is 11.5 Å². The lowest BCUT2D eigenvalue weighted by atomic mass is 10.3. The summed E-state index contributed by atoms with van der Waals surface area (Å²) >= 11 is 1.04. The third kappa shape index (κ3) is 2.97. The van der Waals surface area contributed by atoms with Crippen LogP contribution in [0.2, 0.25) is 0 Å². The highest BCUT2D eigenvalue weighted by molar-refractivity contribution is 7.99. The molecule has 0 saturated carbocycles. The molecule has 0 amide bonds. The van der Waals surface area contributed by atoms with Crippen molar-refractivity contribution in [2.75, 3.05) is 17.3 Å². The van der Waals surface area contributed by atoms with Gasteiger partial charge in [0.2, 0.25) is 0 Å². The molecule has 1 aliphatic rings. The van der Waals surface area contributed by atoms with E-state index in [2.05, 4.69) is 10.2 Å². The topological polar surface area (TPSA) is 102 Å². The first-order valence-electron chi connectivity index (χ1n) is 4.92. The molecule has 1 unspecified atom stereocenters. The van der Waals surface area contributed by atoms with Crippen LogP contribution >= 0.6 is 11.8 Å². The van der Waals surface area contributed by atoms with Gasteiger partial charge in [0.05, 0.1) is 23.3 Å². The summed E-state index contributed by atoms with van der Waals surface area (Å²) in [6.45, 7) is 0. The molecule has 0 radical (unpaired) electrons. The van der Waals surface area contributed by atoms with E-state index in [0.717, 1.165) is 11.8 Å². The summed E-state index contributed by atoms with van der Waals surface area (Å²) in [5, 5.41) is 16.5. The standard InChI is InChI=1S/C8H11N3O4S2/c12-7(13)3-16-8-10-9-5-11(8)6-1-2-17(14,15)4-6/h5-6H,1-4H2,(H,12,13). The lowest BCUT2D eigenvalue weighted by molar-refractivity contribution is -0.133. The molecule has 9 heteroatoms. The van der Waals surface area contributed by atoms with Gasteiger partial charge in [0.15, 0.2) is 15.0 Å². The molecule has 1 atom stereocenters. The SMILES string of the molecule is O=C(O)CSc1nncn1C1CCS(=O)(=O)C1. The van der Waals surface area contributed by atoms with Crippen molar-refractivity contribution in [1.82, 2.24) is 14.8 Å². The summed E-state index contributed by atoms with van der Waals surface area (Å²) in [5.74, 6) is -0.813.